The maximum absolute atomic E-state index is 12.7. The molecule has 0 bridgehead atoms. The number of hydrogen-bond acceptors (Lipinski definition) is 4. The van der Waals surface area contributed by atoms with Crippen LogP contribution in [0.4, 0.5) is 0 Å². The van der Waals surface area contributed by atoms with Crippen LogP contribution in [0, 0.1) is 5.41 Å². The number of nitrogens with two attached hydrogens (primary N) is 1. The van der Waals surface area contributed by atoms with Gasteiger partial charge in [0.05, 0.1) is 5.69 Å². The largest absolute Gasteiger partial charge is 0.340 e. The van der Waals surface area contributed by atoms with E-state index < -0.39 is 0 Å². The zero-order valence-corrected chi connectivity index (χ0v) is 14.6. The maximum atomic E-state index is 12.7. The van der Waals surface area contributed by atoms with E-state index in [0.717, 1.165) is 51.3 Å². The summed E-state index contributed by atoms with van der Waals surface area (Å²) in [6.45, 7) is 5.03. The van der Waals surface area contributed by atoms with Gasteiger partial charge in [0.2, 0.25) is 5.91 Å². The summed E-state index contributed by atoms with van der Waals surface area (Å²) >= 11 is 0. The van der Waals surface area contributed by atoms with Gasteiger partial charge in [-0.2, -0.15) is 0 Å². The Kier molecular flexibility index (Phi) is 5.85. The molecular weight excluding hydrogens is 300 g/mol. The minimum absolute atomic E-state index is 0.0699. The molecule has 0 unspecified atom stereocenters. The van der Waals surface area contributed by atoms with E-state index in [1.807, 2.05) is 23.2 Å². The van der Waals surface area contributed by atoms with Crippen LogP contribution in [-0.2, 0) is 11.3 Å². The fraction of sp³-hybridized carbons (Fsp3) is 0.684. The molecule has 24 heavy (non-hydrogen) atoms. The molecule has 1 aliphatic heterocycles. The highest BCUT2D eigenvalue weighted by molar-refractivity contribution is 5.77. The second kappa shape index (κ2) is 8.08. The van der Waals surface area contributed by atoms with Crippen molar-refractivity contribution in [2.45, 2.75) is 45.1 Å². The fourth-order valence-electron chi connectivity index (χ4n) is 4.06. The molecule has 1 aromatic heterocycles. The first-order chi connectivity index (χ1) is 11.7. The van der Waals surface area contributed by atoms with Crippen molar-refractivity contribution in [2.75, 3.05) is 32.7 Å². The molecule has 5 heteroatoms. The summed E-state index contributed by atoms with van der Waals surface area (Å²) in [5.74, 6) is 0.305. The monoisotopic (exact) mass is 330 g/mol. The Morgan fingerprint density at radius 2 is 1.88 bits per heavy atom. The molecule has 1 aromatic rings. The number of nitrogens with zero attached hydrogens (tertiary/aromatic N) is 3. The molecule has 2 fully saturated rings. The van der Waals surface area contributed by atoms with Gasteiger partial charge >= 0.3 is 0 Å². The first-order valence-electron chi connectivity index (χ1n) is 9.31. The molecular formula is C19H30N4O. The average Bonchev–Trinajstić information content (AvgIpc) is 2.64. The summed E-state index contributed by atoms with van der Waals surface area (Å²) in [6, 6.07) is 6.03. The van der Waals surface area contributed by atoms with Crippen LogP contribution in [0.25, 0.3) is 0 Å². The van der Waals surface area contributed by atoms with Crippen molar-refractivity contribution >= 4 is 5.91 Å². The summed E-state index contributed by atoms with van der Waals surface area (Å²) in [7, 11) is 0. The predicted molar refractivity (Wildman–Crippen MR) is 95.3 cm³/mol. The minimum atomic E-state index is 0.0699. The third-order valence-electron chi connectivity index (χ3n) is 5.71. The number of piperazine rings is 1. The molecule has 2 aliphatic rings. The molecule has 1 saturated carbocycles. The van der Waals surface area contributed by atoms with Crippen LogP contribution in [0.3, 0.4) is 0 Å². The highest BCUT2D eigenvalue weighted by Gasteiger charge is 2.35. The summed E-state index contributed by atoms with van der Waals surface area (Å²) in [5, 5.41) is 0. The van der Waals surface area contributed by atoms with Gasteiger partial charge < -0.3 is 10.6 Å². The molecule has 132 valence electrons. The Morgan fingerprint density at radius 3 is 2.50 bits per heavy atom. The van der Waals surface area contributed by atoms with E-state index >= 15 is 0 Å². The van der Waals surface area contributed by atoms with E-state index in [4.69, 9.17) is 5.73 Å². The lowest BCUT2D eigenvalue weighted by molar-refractivity contribution is -0.136. The summed E-state index contributed by atoms with van der Waals surface area (Å²) in [4.78, 5) is 21.5. The van der Waals surface area contributed by atoms with Gasteiger partial charge in [-0.05, 0) is 36.9 Å². The lowest BCUT2D eigenvalue weighted by Gasteiger charge is -2.39. The third kappa shape index (κ3) is 4.33. The highest BCUT2D eigenvalue weighted by Crippen LogP contribution is 2.38. The van der Waals surface area contributed by atoms with Crippen molar-refractivity contribution in [3.05, 3.63) is 30.1 Å². The van der Waals surface area contributed by atoms with Gasteiger partial charge in [-0.1, -0.05) is 25.3 Å². The highest BCUT2D eigenvalue weighted by atomic mass is 16.2. The van der Waals surface area contributed by atoms with Gasteiger partial charge in [-0.25, -0.2) is 0 Å². The van der Waals surface area contributed by atoms with Crippen LogP contribution in [0.5, 0.6) is 0 Å². The van der Waals surface area contributed by atoms with E-state index in [1.165, 1.54) is 19.3 Å². The van der Waals surface area contributed by atoms with Crippen molar-refractivity contribution in [1.82, 2.24) is 14.8 Å². The molecule has 3 rings (SSSR count). The smallest absolute Gasteiger partial charge is 0.223 e. The molecule has 0 aromatic carbocycles. The van der Waals surface area contributed by atoms with E-state index in [2.05, 4.69) is 16.0 Å². The van der Waals surface area contributed by atoms with Gasteiger partial charge in [0.1, 0.15) is 0 Å². The zero-order chi connectivity index (χ0) is 16.8. The molecule has 1 saturated heterocycles. The minimum Gasteiger partial charge on any atom is -0.340 e. The number of carbonyl (C=O) groups is 1. The van der Waals surface area contributed by atoms with Crippen LogP contribution < -0.4 is 5.73 Å². The number of rotatable bonds is 5. The number of hydrogen-bond donors (Lipinski definition) is 1. The van der Waals surface area contributed by atoms with Crippen molar-refractivity contribution in [1.29, 1.82) is 0 Å². The normalized spacial score (nSPS) is 21.6. The van der Waals surface area contributed by atoms with Crippen LogP contribution in [-0.4, -0.2) is 53.4 Å². The number of amides is 1. The van der Waals surface area contributed by atoms with E-state index in [0.29, 0.717) is 18.9 Å². The molecule has 1 aliphatic carbocycles. The molecule has 0 atom stereocenters. The Morgan fingerprint density at radius 1 is 1.12 bits per heavy atom. The third-order valence-corrected chi connectivity index (χ3v) is 5.71. The van der Waals surface area contributed by atoms with Crippen LogP contribution in [0.15, 0.2) is 24.4 Å². The molecule has 5 nitrogen and oxygen atoms in total. The first-order valence-corrected chi connectivity index (χ1v) is 9.31. The Hall–Kier alpha value is -1.46. The van der Waals surface area contributed by atoms with Gasteiger partial charge in [0.25, 0.3) is 0 Å². The second-order valence-corrected chi connectivity index (χ2v) is 7.42. The Balaban J connectivity index is 1.48. The quantitative estimate of drug-likeness (QED) is 0.897. The lowest BCUT2D eigenvalue weighted by Crippen LogP contribution is -2.50. The van der Waals surface area contributed by atoms with Crippen molar-refractivity contribution in [3.8, 4) is 0 Å². The van der Waals surface area contributed by atoms with Crippen molar-refractivity contribution in [2.24, 2.45) is 11.1 Å². The fourth-order valence-corrected chi connectivity index (χ4v) is 4.06. The van der Waals surface area contributed by atoms with Crippen LogP contribution >= 0.6 is 0 Å². The molecule has 2 heterocycles. The van der Waals surface area contributed by atoms with Crippen molar-refractivity contribution < 1.29 is 4.79 Å². The number of aromatic nitrogens is 1. The average molecular weight is 330 g/mol. The summed E-state index contributed by atoms with van der Waals surface area (Å²) in [6.07, 6.45) is 8.46. The second-order valence-electron chi connectivity index (χ2n) is 7.42. The van der Waals surface area contributed by atoms with Gasteiger partial charge in [0.15, 0.2) is 0 Å². The molecule has 2 N–H and O–H groups in total. The summed E-state index contributed by atoms with van der Waals surface area (Å²) in [5.41, 5.74) is 7.21. The standard InChI is InChI=1S/C19H30N4O/c20-16-19(7-3-1-4-8-19)14-18(24)23-12-10-22(11-13-23)15-17-6-2-5-9-21-17/h2,5-6,9H,1,3-4,7-8,10-16,20H2. The van der Waals surface area contributed by atoms with Gasteiger partial charge in [0, 0.05) is 45.3 Å². The van der Waals surface area contributed by atoms with E-state index in [-0.39, 0.29) is 5.41 Å². The van der Waals surface area contributed by atoms with Crippen LogP contribution in [0.2, 0.25) is 0 Å². The molecule has 1 amide bonds. The summed E-state index contributed by atoms with van der Waals surface area (Å²) < 4.78 is 0. The van der Waals surface area contributed by atoms with Gasteiger partial charge in [-0.3, -0.25) is 14.7 Å². The SMILES string of the molecule is NCC1(CC(=O)N2CCN(Cc3ccccn3)CC2)CCCCC1. The number of carbonyl (C=O) groups excluding carboxylic acids is 1. The Bertz CT molecular complexity index is 519. The number of pyridine rings is 1. The molecule has 0 radical (unpaired) electrons. The maximum Gasteiger partial charge on any atom is 0.223 e. The Labute approximate surface area is 145 Å². The lowest BCUT2D eigenvalue weighted by atomic mass is 9.71. The van der Waals surface area contributed by atoms with E-state index in [9.17, 15) is 4.79 Å². The molecule has 0 spiro atoms. The zero-order valence-electron chi connectivity index (χ0n) is 14.6. The van der Waals surface area contributed by atoms with E-state index in [1.54, 1.807) is 0 Å². The predicted octanol–water partition coefficient (Wildman–Crippen LogP) is 2.03. The topological polar surface area (TPSA) is 62.5 Å². The first kappa shape index (κ1) is 17.4. The van der Waals surface area contributed by atoms with Crippen molar-refractivity contribution in [3.63, 3.8) is 0 Å². The van der Waals surface area contributed by atoms with Gasteiger partial charge in [-0.15, -0.1) is 0 Å². The van der Waals surface area contributed by atoms with Crippen LogP contribution in [0.1, 0.15) is 44.2 Å².